The van der Waals surface area contributed by atoms with Gasteiger partial charge in [0.1, 0.15) is 0 Å². The number of carbonyl (C=O) groups excluding carboxylic acids is 1. The molecule has 0 amide bonds. The van der Waals surface area contributed by atoms with Crippen molar-refractivity contribution in [2.24, 2.45) is 0 Å². The van der Waals surface area contributed by atoms with Crippen molar-refractivity contribution < 1.29 is 24.6 Å². The van der Waals surface area contributed by atoms with E-state index in [1.165, 1.54) is 18.2 Å². The predicted molar refractivity (Wildman–Crippen MR) is 96.1 cm³/mol. The number of nitrogens with zero attached hydrogens (tertiary/aromatic N) is 1. The molecule has 3 aromatic rings. The maximum atomic E-state index is 13.3. The van der Waals surface area contributed by atoms with Crippen LogP contribution in [-0.4, -0.2) is 32.5 Å². The standard InChI is InChI=1S/C20H17NO5/c1-3-21-11(2)16(12-7-4-5-10-15(12)21)18(22)17-13(19(23)24)8-6-9-14(17)20(25)26/h4-10H,3H2,1-2H3,(H,23,24)(H,25,26). The van der Waals surface area contributed by atoms with E-state index >= 15 is 0 Å². The molecule has 2 aromatic carbocycles. The van der Waals surface area contributed by atoms with E-state index in [1.807, 2.05) is 23.6 Å². The number of carboxylic acid groups (broad SMARTS) is 2. The lowest BCUT2D eigenvalue weighted by Crippen LogP contribution is -2.16. The summed E-state index contributed by atoms with van der Waals surface area (Å²) in [7, 11) is 0. The van der Waals surface area contributed by atoms with Crippen LogP contribution in [0.5, 0.6) is 0 Å². The number of rotatable bonds is 5. The Labute approximate surface area is 149 Å². The molecule has 0 unspecified atom stereocenters. The number of hydrogen-bond acceptors (Lipinski definition) is 3. The Balaban J connectivity index is 2.37. The molecule has 6 heteroatoms. The summed E-state index contributed by atoms with van der Waals surface area (Å²) in [5.41, 5.74) is 0.925. The lowest BCUT2D eigenvalue weighted by atomic mass is 9.92. The molecule has 6 nitrogen and oxygen atoms in total. The molecule has 132 valence electrons. The Morgan fingerprint density at radius 3 is 2.00 bits per heavy atom. The Hall–Kier alpha value is -3.41. The molecule has 0 bridgehead atoms. The van der Waals surface area contributed by atoms with Gasteiger partial charge in [0.2, 0.25) is 0 Å². The summed E-state index contributed by atoms with van der Waals surface area (Å²) in [5.74, 6) is -3.28. The quantitative estimate of drug-likeness (QED) is 0.685. The molecule has 0 saturated carbocycles. The number of para-hydroxylation sites is 1. The van der Waals surface area contributed by atoms with Gasteiger partial charge >= 0.3 is 11.9 Å². The van der Waals surface area contributed by atoms with Crippen molar-refractivity contribution in [1.29, 1.82) is 0 Å². The van der Waals surface area contributed by atoms with Gasteiger partial charge in [0.05, 0.1) is 22.3 Å². The first-order valence-electron chi connectivity index (χ1n) is 8.10. The number of fused-ring (bicyclic) bond motifs is 1. The van der Waals surface area contributed by atoms with Gasteiger partial charge in [-0.1, -0.05) is 24.3 Å². The second kappa shape index (κ2) is 6.48. The average Bonchev–Trinajstić information content (AvgIpc) is 2.91. The van der Waals surface area contributed by atoms with E-state index in [9.17, 15) is 24.6 Å². The number of benzene rings is 2. The second-order valence-corrected chi connectivity index (χ2v) is 5.89. The van der Waals surface area contributed by atoms with Crippen LogP contribution in [0.15, 0.2) is 42.5 Å². The molecule has 2 N–H and O–H groups in total. The van der Waals surface area contributed by atoms with Gasteiger partial charge in [-0.2, -0.15) is 0 Å². The molecular weight excluding hydrogens is 334 g/mol. The maximum Gasteiger partial charge on any atom is 0.336 e. The highest BCUT2D eigenvalue weighted by Gasteiger charge is 2.28. The summed E-state index contributed by atoms with van der Waals surface area (Å²) >= 11 is 0. The van der Waals surface area contributed by atoms with Gasteiger partial charge in [0, 0.05) is 23.1 Å². The minimum Gasteiger partial charge on any atom is -0.478 e. The molecule has 0 spiro atoms. The molecule has 0 aliphatic heterocycles. The van der Waals surface area contributed by atoms with E-state index in [4.69, 9.17) is 0 Å². The van der Waals surface area contributed by atoms with Gasteiger partial charge in [-0.15, -0.1) is 0 Å². The summed E-state index contributed by atoms with van der Waals surface area (Å²) in [5, 5.41) is 19.6. The van der Waals surface area contributed by atoms with Crippen molar-refractivity contribution >= 4 is 28.6 Å². The fraction of sp³-hybridized carbons (Fsp3) is 0.150. The molecule has 0 aliphatic carbocycles. The van der Waals surface area contributed by atoms with Crippen LogP contribution in [0.1, 0.15) is 49.3 Å². The zero-order valence-corrected chi connectivity index (χ0v) is 14.3. The minimum atomic E-state index is -1.34. The molecule has 0 radical (unpaired) electrons. The van der Waals surface area contributed by atoms with E-state index in [0.717, 1.165) is 5.52 Å². The number of hydrogen-bond donors (Lipinski definition) is 2. The predicted octanol–water partition coefficient (Wildman–Crippen LogP) is 3.60. The summed E-state index contributed by atoms with van der Waals surface area (Å²) in [4.78, 5) is 36.5. The fourth-order valence-electron chi connectivity index (χ4n) is 3.40. The van der Waals surface area contributed by atoms with Crippen molar-refractivity contribution in [3.8, 4) is 0 Å². The minimum absolute atomic E-state index is 0.297. The number of aromatic nitrogens is 1. The van der Waals surface area contributed by atoms with Crippen LogP contribution in [-0.2, 0) is 6.54 Å². The van der Waals surface area contributed by atoms with Crippen LogP contribution in [0.25, 0.3) is 10.9 Å². The number of carbonyl (C=O) groups is 3. The Morgan fingerprint density at radius 2 is 1.46 bits per heavy atom. The fourth-order valence-corrected chi connectivity index (χ4v) is 3.40. The molecule has 1 heterocycles. The van der Waals surface area contributed by atoms with Crippen LogP contribution >= 0.6 is 0 Å². The molecule has 0 saturated heterocycles. The normalized spacial score (nSPS) is 10.8. The first kappa shape index (κ1) is 17.4. The number of aryl methyl sites for hydroxylation is 1. The van der Waals surface area contributed by atoms with Crippen molar-refractivity contribution in [2.45, 2.75) is 20.4 Å². The summed E-state index contributed by atoms with van der Waals surface area (Å²) in [6.07, 6.45) is 0. The van der Waals surface area contributed by atoms with Gasteiger partial charge in [-0.25, -0.2) is 9.59 Å². The highest BCUT2D eigenvalue weighted by Crippen LogP contribution is 2.30. The Kier molecular flexibility index (Phi) is 4.34. The topological polar surface area (TPSA) is 96.6 Å². The highest BCUT2D eigenvalue weighted by molar-refractivity contribution is 6.23. The van der Waals surface area contributed by atoms with Gasteiger partial charge in [0.15, 0.2) is 5.78 Å². The molecule has 3 rings (SSSR count). The first-order valence-corrected chi connectivity index (χ1v) is 8.10. The van der Waals surface area contributed by atoms with Gasteiger partial charge in [-0.05, 0) is 32.0 Å². The third kappa shape index (κ3) is 2.56. The van der Waals surface area contributed by atoms with Crippen LogP contribution in [0.4, 0.5) is 0 Å². The van der Waals surface area contributed by atoms with Crippen LogP contribution < -0.4 is 0 Å². The lowest BCUT2D eigenvalue weighted by Gasteiger charge is -2.10. The van der Waals surface area contributed by atoms with E-state index < -0.39 is 17.7 Å². The highest BCUT2D eigenvalue weighted by atomic mass is 16.4. The Bertz CT molecular complexity index is 1030. The lowest BCUT2D eigenvalue weighted by molar-refractivity contribution is 0.0689. The second-order valence-electron chi connectivity index (χ2n) is 5.89. The smallest absolute Gasteiger partial charge is 0.336 e. The van der Waals surface area contributed by atoms with Crippen molar-refractivity contribution in [3.63, 3.8) is 0 Å². The zero-order chi connectivity index (χ0) is 19.0. The summed E-state index contributed by atoms with van der Waals surface area (Å²) < 4.78 is 1.95. The Morgan fingerprint density at radius 1 is 0.885 bits per heavy atom. The third-order valence-corrected chi connectivity index (χ3v) is 4.53. The van der Waals surface area contributed by atoms with E-state index in [0.29, 0.717) is 23.2 Å². The molecule has 0 aliphatic rings. The molecule has 1 aromatic heterocycles. The van der Waals surface area contributed by atoms with Crippen molar-refractivity contribution in [3.05, 3.63) is 70.4 Å². The summed E-state index contributed by atoms with van der Waals surface area (Å²) in [6, 6.07) is 11.1. The van der Waals surface area contributed by atoms with Crippen LogP contribution in [0, 0.1) is 6.92 Å². The SMILES string of the molecule is CCn1c(C)c(C(=O)c2c(C(=O)O)cccc2C(=O)O)c2ccccc21. The van der Waals surface area contributed by atoms with Crippen LogP contribution in [0.3, 0.4) is 0 Å². The largest absolute Gasteiger partial charge is 0.478 e. The van der Waals surface area contributed by atoms with Gasteiger partial charge in [0.25, 0.3) is 0 Å². The number of ketones is 1. The summed E-state index contributed by atoms with van der Waals surface area (Å²) in [6.45, 7) is 4.36. The van der Waals surface area contributed by atoms with Gasteiger partial charge < -0.3 is 14.8 Å². The first-order chi connectivity index (χ1) is 12.4. The van der Waals surface area contributed by atoms with Crippen molar-refractivity contribution in [2.75, 3.05) is 0 Å². The van der Waals surface area contributed by atoms with E-state index in [1.54, 1.807) is 19.1 Å². The van der Waals surface area contributed by atoms with Gasteiger partial charge in [-0.3, -0.25) is 4.79 Å². The molecule has 0 atom stereocenters. The third-order valence-electron chi connectivity index (χ3n) is 4.53. The van der Waals surface area contributed by atoms with Crippen LogP contribution in [0.2, 0.25) is 0 Å². The maximum absolute atomic E-state index is 13.3. The molecule has 26 heavy (non-hydrogen) atoms. The number of carboxylic acids is 2. The molecule has 0 fully saturated rings. The van der Waals surface area contributed by atoms with E-state index in [2.05, 4.69) is 0 Å². The van der Waals surface area contributed by atoms with E-state index in [-0.39, 0.29) is 16.7 Å². The monoisotopic (exact) mass is 351 g/mol. The average molecular weight is 351 g/mol. The zero-order valence-electron chi connectivity index (χ0n) is 14.3. The molecular formula is C20H17NO5. The van der Waals surface area contributed by atoms with Crippen molar-refractivity contribution in [1.82, 2.24) is 4.57 Å². The number of aromatic carboxylic acids is 2.